The Morgan fingerprint density at radius 3 is 1.19 bits per heavy atom. The zero-order valence-electron chi connectivity index (χ0n) is 44.6. The van der Waals surface area contributed by atoms with Gasteiger partial charge in [-0.05, 0) is 142 Å². The van der Waals surface area contributed by atoms with Gasteiger partial charge in [0.1, 0.15) is 23.0 Å². The third-order valence-electron chi connectivity index (χ3n) is 18.5. The van der Waals surface area contributed by atoms with Crippen molar-refractivity contribution in [1.82, 2.24) is 9.13 Å². The highest BCUT2D eigenvalue weighted by molar-refractivity contribution is 6.97. The molecule has 1 spiro atoms. The van der Waals surface area contributed by atoms with Crippen molar-refractivity contribution in [2.24, 2.45) is 0 Å². The van der Waals surface area contributed by atoms with Crippen LogP contribution in [0.3, 0.4) is 0 Å². The van der Waals surface area contributed by atoms with Crippen LogP contribution < -0.4 is 42.3 Å². The molecule has 81 heavy (non-hydrogen) atoms. The van der Waals surface area contributed by atoms with Crippen LogP contribution in [0.1, 0.15) is 33.4 Å². The third kappa shape index (κ3) is 6.01. The van der Waals surface area contributed by atoms with Gasteiger partial charge in [0.2, 0.25) is 0 Å². The number of rotatable bonds is 4. The number of nitrogens with zero attached hydrogens (tertiary/aromatic N) is 2. The van der Waals surface area contributed by atoms with E-state index in [0.29, 0.717) is 0 Å². The van der Waals surface area contributed by atoms with Gasteiger partial charge in [-0.15, -0.1) is 0 Å². The lowest BCUT2D eigenvalue weighted by Crippen LogP contribution is -2.55. The van der Waals surface area contributed by atoms with Crippen molar-refractivity contribution in [3.8, 4) is 56.6 Å². The van der Waals surface area contributed by atoms with Crippen LogP contribution in [0.5, 0.6) is 23.0 Å². The molecule has 18 rings (SSSR count). The van der Waals surface area contributed by atoms with Crippen LogP contribution in [-0.4, -0.2) is 22.6 Å². The van der Waals surface area contributed by atoms with Gasteiger partial charge >= 0.3 is 0 Å². The lowest BCUT2D eigenvalue weighted by Gasteiger charge is -2.33. The summed E-state index contributed by atoms with van der Waals surface area (Å²) >= 11 is 0. The van der Waals surface area contributed by atoms with Crippen molar-refractivity contribution < 1.29 is 9.47 Å². The van der Waals surface area contributed by atoms with E-state index in [2.05, 4.69) is 278 Å². The molecule has 2 aromatic heterocycles. The van der Waals surface area contributed by atoms with E-state index >= 15 is 0 Å². The molecule has 0 amide bonds. The first-order valence-corrected chi connectivity index (χ1v) is 28.3. The molecule has 14 aromatic rings. The number of aromatic nitrogens is 2. The largest absolute Gasteiger partial charge is 0.458 e. The summed E-state index contributed by atoms with van der Waals surface area (Å²) in [5.74, 6) is 3.59. The molecule has 2 aliphatic carbocycles. The van der Waals surface area contributed by atoms with Crippen LogP contribution in [0, 0.1) is 13.8 Å². The van der Waals surface area contributed by atoms with E-state index in [-0.39, 0.29) is 13.4 Å². The van der Waals surface area contributed by atoms with E-state index in [1.165, 1.54) is 98.8 Å². The molecule has 0 N–H and O–H groups in total. The molecule has 2 aliphatic heterocycles. The Morgan fingerprint density at radius 1 is 0.321 bits per heavy atom. The molecule has 1 unspecified atom stereocenters. The molecule has 0 saturated heterocycles. The van der Waals surface area contributed by atoms with Crippen molar-refractivity contribution in [3.05, 3.63) is 288 Å². The van der Waals surface area contributed by atoms with E-state index in [1.54, 1.807) is 0 Å². The van der Waals surface area contributed by atoms with Crippen LogP contribution in [0.15, 0.2) is 255 Å². The Hall–Kier alpha value is -10.0. The number of para-hydroxylation sites is 4. The standard InChI is InChI=1S/C75H48B2N2O2/c1-45-29-39-67-53(41-45)54-42-46(2)30-40-68(54)79(67)50-32-34-58-56(44-50)72-60(36-38-64-74(72)81-70-28-16-12-24-62(70)77(64)48-19-7-4-8-20-48)75(58)57-33-31-49(78-65-25-13-9-21-51(65)52-22-10-14-26-66(52)78)43-55(57)71-59(75)35-37-63-73(71)80-69-27-15-11-23-61(69)76(63)47-17-5-3-6-18-47/h3-44H,1-2H3. The van der Waals surface area contributed by atoms with Gasteiger partial charge in [-0.3, -0.25) is 0 Å². The normalized spacial score (nSPS) is 15.0. The van der Waals surface area contributed by atoms with Crippen LogP contribution in [0.25, 0.3) is 77.2 Å². The van der Waals surface area contributed by atoms with Gasteiger partial charge in [0.05, 0.1) is 27.5 Å². The second-order valence-corrected chi connectivity index (χ2v) is 22.7. The summed E-state index contributed by atoms with van der Waals surface area (Å²) in [6.07, 6.45) is 0. The maximum atomic E-state index is 7.51. The van der Waals surface area contributed by atoms with Crippen LogP contribution >= 0.6 is 0 Å². The first-order chi connectivity index (χ1) is 40.0. The number of hydrogen-bond acceptors (Lipinski definition) is 2. The minimum absolute atomic E-state index is 0.0446. The number of ether oxygens (including phenoxy) is 2. The van der Waals surface area contributed by atoms with Gasteiger partial charge in [0.25, 0.3) is 13.4 Å². The van der Waals surface area contributed by atoms with Crippen molar-refractivity contribution >= 4 is 89.8 Å². The fourth-order valence-corrected chi connectivity index (χ4v) is 15.2. The van der Waals surface area contributed by atoms with Gasteiger partial charge < -0.3 is 18.6 Å². The minimum Gasteiger partial charge on any atom is -0.458 e. The molecule has 6 heteroatoms. The molecular formula is C75H48B2N2O2. The molecule has 0 saturated carbocycles. The summed E-state index contributed by atoms with van der Waals surface area (Å²) in [4.78, 5) is 0. The summed E-state index contributed by atoms with van der Waals surface area (Å²) in [5, 5.41) is 4.98. The predicted octanol–water partition coefficient (Wildman–Crippen LogP) is 14.1. The van der Waals surface area contributed by atoms with Gasteiger partial charge in [-0.25, -0.2) is 0 Å². The second-order valence-electron chi connectivity index (χ2n) is 22.7. The highest BCUT2D eigenvalue weighted by Gasteiger charge is 2.55. The molecule has 4 aliphatic rings. The van der Waals surface area contributed by atoms with Gasteiger partial charge in [-0.2, -0.15) is 0 Å². The van der Waals surface area contributed by atoms with E-state index in [9.17, 15) is 0 Å². The average Bonchev–Trinajstić information content (AvgIpc) is 2.21. The van der Waals surface area contributed by atoms with Crippen LogP contribution in [0.4, 0.5) is 0 Å². The van der Waals surface area contributed by atoms with E-state index in [4.69, 9.17) is 9.47 Å². The maximum Gasteiger partial charge on any atom is 0.250 e. The Morgan fingerprint density at radius 2 is 0.716 bits per heavy atom. The lowest BCUT2D eigenvalue weighted by molar-refractivity contribution is 0.488. The summed E-state index contributed by atoms with van der Waals surface area (Å²) in [5.41, 5.74) is 25.2. The molecule has 0 bridgehead atoms. The Kier molecular flexibility index (Phi) is 9.15. The van der Waals surface area contributed by atoms with Gasteiger partial charge in [-0.1, -0.05) is 204 Å². The molecule has 1 atom stereocenters. The second kappa shape index (κ2) is 16.5. The average molecular weight is 1030 g/mol. The number of hydrogen-bond donors (Lipinski definition) is 0. The number of aryl methyl sites for hydroxylation is 2. The zero-order valence-corrected chi connectivity index (χ0v) is 44.6. The number of benzene rings is 12. The first kappa shape index (κ1) is 44.9. The van der Waals surface area contributed by atoms with E-state index in [1.807, 2.05) is 0 Å². The summed E-state index contributed by atoms with van der Waals surface area (Å²) in [7, 11) is 0. The topological polar surface area (TPSA) is 28.3 Å². The zero-order chi connectivity index (χ0) is 53.2. The maximum absolute atomic E-state index is 7.51. The molecule has 376 valence electrons. The van der Waals surface area contributed by atoms with Crippen LogP contribution in [-0.2, 0) is 5.41 Å². The molecular weight excluding hydrogens is 982 g/mol. The third-order valence-corrected chi connectivity index (χ3v) is 18.5. The van der Waals surface area contributed by atoms with E-state index < -0.39 is 5.41 Å². The Balaban J connectivity index is 0.974. The van der Waals surface area contributed by atoms with Crippen molar-refractivity contribution in [2.75, 3.05) is 0 Å². The summed E-state index contributed by atoms with van der Waals surface area (Å²) in [6.45, 7) is 4.30. The molecule has 4 nitrogen and oxygen atoms in total. The monoisotopic (exact) mass is 1030 g/mol. The van der Waals surface area contributed by atoms with E-state index in [0.717, 1.165) is 67.6 Å². The SMILES string of the molecule is Cc1ccc2c(c1)c1cc(C)ccc1n2-c1ccc2c(c1)-c1c(ccc3c1Oc1ccccc1B3c1ccccc1)C21c2ccc(-n3c4ccccc4c4ccccc43)cc2-c2c1ccc1c2Oc2ccccc2B1c1ccccc1. The molecule has 0 fully saturated rings. The Labute approximate surface area is 469 Å². The molecule has 12 aromatic carbocycles. The minimum atomic E-state index is -0.780. The predicted molar refractivity (Wildman–Crippen MR) is 336 cm³/mol. The van der Waals surface area contributed by atoms with Crippen LogP contribution in [0.2, 0.25) is 0 Å². The molecule has 4 heterocycles. The number of fused-ring (bicyclic) bond motifs is 22. The van der Waals surface area contributed by atoms with Gasteiger partial charge in [0.15, 0.2) is 0 Å². The fraction of sp³-hybridized carbons (Fsp3) is 0.0400. The summed E-state index contributed by atoms with van der Waals surface area (Å²) in [6, 6.07) is 94.9. The summed E-state index contributed by atoms with van der Waals surface area (Å²) < 4.78 is 19.9. The first-order valence-electron chi connectivity index (χ1n) is 28.3. The van der Waals surface area contributed by atoms with Crippen molar-refractivity contribution in [1.29, 1.82) is 0 Å². The quantitative estimate of drug-likeness (QED) is 0.164. The van der Waals surface area contributed by atoms with Crippen molar-refractivity contribution in [2.45, 2.75) is 19.3 Å². The van der Waals surface area contributed by atoms with Gasteiger partial charge in [0, 0.05) is 44.0 Å². The Bertz CT molecular complexity index is 4940. The van der Waals surface area contributed by atoms with Crippen molar-refractivity contribution in [3.63, 3.8) is 0 Å². The smallest absolute Gasteiger partial charge is 0.250 e. The fourth-order valence-electron chi connectivity index (χ4n) is 15.2. The highest BCUT2D eigenvalue weighted by Crippen LogP contribution is 2.66. The highest BCUT2D eigenvalue weighted by atomic mass is 16.5. The lowest BCUT2D eigenvalue weighted by atomic mass is 9.35. The molecule has 0 radical (unpaired) electrons.